The number of nitrogen functional groups attached to an aromatic ring is 1. The molecule has 0 bridgehead atoms. The Morgan fingerprint density at radius 3 is 2.67 bits per heavy atom. The van der Waals surface area contributed by atoms with Crippen LogP contribution in [0.4, 0.5) is 5.95 Å². The van der Waals surface area contributed by atoms with Crippen LogP contribution in [0.25, 0.3) is 11.2 Å². The largest absolute Gasteiger partial charge is 0.369 e. The van der Waals surface area contributed by atoms with E-state index in [0.29, 0.717) is 15.8 Å². The normalized spacial score (nSPS) is 10.1. The molecule has 0 saturated heterocycles. The van der Waals surface area contributed by atoms with Gasteiger partial charge in [0.2, 0.25) is 14.5 Å². The molecule has 10 heteroatoms. The fourth-order valence-corrected chi connectivity index (χ4v) is 1.12. The van der Waals surface area contributed by atoms with Crippen molar-refractivity contribution in [2.24, 2.45) is 5.50 Å². The number of aromatic amines is 2. The van der Waals surface area contributed by atoms with Gasteiger partial charge in [0.15, 0.2) is 10.3 Å². The first-order valence-electron chi connectivity index (χ1n) is 3.62. The van der Waals surface area contributed by atoms with E-state index in [1.54, 1.807) is 0 Å². The van der Waals surface area contributed by atoms with Crippen LogP contribution in [-0.2, 0) is 0 Å². The third-order valence-corrected chi connectivity index (χ3v) is 1.62. The number of imidazole rings is 1. The number of H-pyrrole nitrogens is 2. The SMILES string of the molecule is NP(O)O.Nc1nc(=S)c2[nH]cnc2[nH]1. The molecule has 15 heavy (non-hydrogen) atoms. The van der Waals surface area contributed by atoms with Crippen molar-refractivity contribution in [3.05, 3.63) is 11.0 Å². The van der Waals surface area contributed by atoms with Crippen molar-refractivity contribution >= 4 is 37.9 Å². The Kier molecular flexibility index (Phi) is 4.06. The number of aromatic nitrogens is 4. The summed E-state index contributed by atoms with van der Waals surface area (Å²) in [5, 5.41) is 0. The van der Waals surface area contributed by atoms with Gasteiger partial charge in [-0.25, -0.2) is 9.97 Å². The van der Waals surface area contributed by atoms with Gasteiger partial charge >= 0.3 is 0 Å². The lowest BCUT2D eigenvalue weighted by molar-refractivity contribution is 0.485. The summed E-state index contributed by atoms with van der Waals surface area (Å²) < 4.78 is 0.439. The minimum Gasteiger partial charge on any atom is -0.369 e. The van der Waals surface area contributed by atoms with Gasteiger partial charge in [-0.3, -0.25) is 5.50 Å². The van der Waals surface area contributed by atoms with E-state index in [-0.39, 0.29) is 5.95 Å². The van der Waals surface area contributed by atoms with E-state index in [4.69, 9.17) is 27.7 Å². The quantitative estimate of drug-likeness (QED) is 0.278. The first kappa shape index (κ1) is 12.0. The van der Waals surface area contributed by atoms with Crippen molar-refractivity contribution in [1.29, 1.82) is 0 Å². The van der Waals surface area contributed by atoms with Crippen molar-refractivity contribution in [3.63, 3.8) is 0 Å². The Labute approximate surface area is 90.3 Å². The summed E-state index contributed by atoms with van der Waals surface area (Å²) in [6, 6.07) is 0. The lowest BCUT2D eigenvalue weighted by Crippen LogP contribution is -1.94. The van der Waals surface area contributed by atoms with Crippen LogP contribution in [0.1, 0.15) is 0 Å². The summed E-state index contributed by atoms with van der Waals surface area (Å²) in [6.07, 6.45) is 1.54. The van der Waals surface area contributed by atoms with Crippen LogP contribution >= 0.6 is 20.7 Å². The van der Waals surface area contributed by atoms with E-state index in [1.807, 2.05) is 0 Å². The van der Waals surface area contributed by atoms with Crippen LogP contribution in [0.2, 0.25) is 0 Å². The molecule has 0 unspecified atom stereocenters. The van der Waals surface area contributed by atoms with Crippen LogP contribution in [-0.4, -0.2) is 29.7 Å². The van der Waals surface area contributed by atoms with Gasteiger partial charge in [-0.2, -0.15) is 0 Å². The summed E-state index contributed by atoms with van der Waals surface area (Å²) in [4.78, 5) is 28.3. The second-order valence-electron chi connectivity index (χ2n) is 2.37. The van der Waals surface area contributed by atoms with Gasteiger partial charge in [0.25, 0.3) is 0 Å². The highest BCUT2D eigenvalue weighted by Crippen LogP contribution is 2.06. The Morgan fingerprint density at radius 2 is 2.07 bits per heavy atom. The summed E-state index contributed by atoms with van der Waals surface area (Å²) in [5.74, 6) is 0.287. The number of nitrogens with zero attached hydrogens (tertiary/aromatic N) is 2. The zero-order valence-electron chi connectivity index (χ0n) is 7.38. The van der Waals surface area contributed by atoms with Crippen LogP contribution in [0.15, 0.2) is 6.33 Å². The molecule has 8 N–H and O–H groups in total. The van der Waals surface area contributed by atoms with Gasteiger partial charge in [-0.15, -0.1) is 0 Å². The molecule has 0 saturated carbocycles. The first-order valence-corrected chi connectivity index (χ1v) is 5.34. The fourth-order valence-electron chi connectivity index (χ4n) is 0.867. The van der Waals surface area contributed by atoms with Crippen LogP contribution in [0.3, 0.4) is 0 Å². The molecule has 2 aromatic rings. The molecule has 0 fully saturated rings. The van der Waals surface area contributed by atoms with Crippen LogP contribution in [0, 0.1) is 4.64 Å². The van der Waals surface area contributed by atoms with Crippen molar-refractivity contribution < 1.29 is 9.79 Å². The number of nitrogens with one attached hydrogen (secondary N) is 2. The van der Waals surface area contributed by atoms with Crippen molar-refractivity contribution in [3.8, 4) is 0 Å². The van der Waals surface area contributed by atoms with Crippen LogP contribution in [0.5, 0.6) is 0 Å². The molecule has 0 aliphatic heterocycles. The fraction of sp³-hybridized carbons (Fsp3) is 0. The first-order chi connectivity index (χ1) is 7.00. The molecule has 0 aromatic carbocycles. The molecule has 0 aliphatic carbocycles. The van der Waals surface area contributed by atoms with Crippen molar-refractivity contribution in [2.45, 2.75) is 0 Å². The van der Waals surface area contributed by atoms with E-state index in [9.17, 15) is 0 Å². The average molecular weight is 248 g/mol. The molecule has 0 atom stereocenters. The number of anilines is 1. The van der Waals surface area contributed by atoms with Gasteiger partial charge in [0, 0.05) is 0 Å². The van der Waals surface area contributed by atoms with E-state index in [1.165, 1.54) is 6.33 Å². The van der Waals surface area contributed by atoms with E-state index < -0.39 is 8.53 Å². The average Bonchev–Trinajstić information content (AvgIpc) is 2.50. The molecule has 8 nitrogen and oxygen atoms in total. The van der Waals surface area contributed by atoms with Gasteiger partial charge in [-0.05, 0) is 0 Å². The van der Waals surface area contributed by atoms with Gasteiger partial charge in [0.1, 0.15) is 5.52 Å². The van der Waals surface area contributed by atoms with E-state index in [0.717, 1.165) is 0 Å². The monoisotopic (exact) mass is 248 g/mol. The third-order valence-electron chi connectivity index (χ3n) is 1.32. The Morgan fingerprint density at radius 1 is 1.47 bits per heavy atom. The van der Waals surface area contributed by atoms with Gasteiger partial charge in [-0.1, -0.05) is 12.2 Å². The molecular formula is C5H9N6O2PS. The number of hydrogen-bond acceptors (Lipinski definition) is 7. The highest BCUT2D eigenvalue weighted by molar-refractivity contribution is 7.71. The molecule has 2 heterocycles. The molecule has 82 valence electrons. The van der Waals surface area contributed by atoms with E-state index >= 15 is 0 Å². The summed E-state index contributed by atoms with van der Waals surface area (Å²) in [7, 11) is -2.12. The minimum absolute atomic E-state index is 0.287. The number of rotatable bonds is 0. The highest BCUT2D eigenvalue weighted by atomic mass is 32.1. The van der Waals surface area contributed by atoms with Crippen molar-refractivity contribution in [2.75, 3.05) is 5.73 Å². The van der Waals surface area contributed by atoms with Crippen molar-refractivity contribution in [1.82, 2.24) is 19.9 Å². The second-order valence-corrected chi connectivity index (χ2v) is 3.40. The predicted octanol–water partition coefficient (Wildman–Crippen LogP) is -0.246. The number of hydrogen-bond donors (Lipinski definition) is 6. The highest BCUT2D eigenvalue weighted by Gasteiger charge is 1.98. The summed E-state index contributed by atoms with van der Waals surface area (Å²) >= 11 is 4.91. The number of fused-ring (bicyclic) bond motifs is 1. The second kappa shape index (κ2) is 5.10. The minimum atomic E-state index is -2.12. The lowest BCUT2D eigenvalue weighted by Gasteiger charge is -1.91. The Bertz CT molecular complexity index is 493. The smallest absolute Gasteiger partial charge is 0.247 e. The molecule has 0 radical (unpaired) electrons. The van der Waals surface area contributed by atoms with Gasteiger partial charge < -0.3 is 25.5 Å². The maximum absolute atomic E-state index is 7.45. The summed E-state index contributed by atoms with van der Waals surface area (Å²) in [6.45, 7) is 0. The molecule has 0 spiro atoms. The molecule has 2 aromatic heterocycles. The third kappa shape index (κ3) is 3.50. The maximum Gasteiger partial charge on any atom is 0.247 e. The molecule has 0 amide bonds. The Hall–Kier alpha value is -1.12. The molecular weight excluding hydrogens is 239 g/mol. The molecule has 0 aliphatic rings. The summed E-state index contributed by atoms with van der Waals surface area (Å²) in [5.41, 5.74) is 11.0. The van der Waals surface area contributed by atoms with Crippen LogP contribution < -0.4 is 11.2 Å². The zero-order chi connectivity index (χ0) is 11.4. The standard InChI is InChI=1S/C5H5N5S.H4NO2P/c6-5-9-3-2(4(11)10-5)7-1-8-3;1-4(2)3/h1H,(H4,6,7,8,9,10,11);2-3H,1H2. The topological polar surface area (TPSA) is 150 Å². The Balaban J connectivity index is 0.000000245. The van der Waals surface area contributed by atoms with Gasteiger partial charge in [0.05, 0.1) is 6.33 Å². The lowest BCUT2D eigenvalue weighted by atomic mass is 10.6. The zero-order valence-corrected chi connectivity index (χ0v) is 9.09. The number of nitrogens with two attached hydrogens (primary N) is 2. The van der Waals surface area contributed by atoms with E-state index in [2.05, 4.69) is 25.4 Å². The predicted molar refractivity (Wildman–Crippen MR) is 59.0 cm³/mol. The maximum atomic E-state index is 7.45. The molecule has 2 rings (SSSR count).